The second kappa shape index (κ2) is 5.35. The maximum absolute atomic E-state index is 3.47. The van der Waals surface area contributed by atoms with E-state index in [9.17, 15) is 0 Å². The number of benzene rings is 1. The summed E-state index contributed by atoms with van der Waals surface area (Å²) in [5, 5.41) is 3.47. The van der Waals surface area contributed by atoms with E-state index in [2.05, 4.69) is 48.3 Å². The highest BCUT2D eigenvalue weighted by atomic mass is 15.1. The van der Waals surface area contributed by atoms with Gasteiger partial charge >= 0.3 is 0 Å². The van der Waals surface area contributed by atoms with Gasteiger partial charge in [0.1, 0.15) is 0 Å². The number of nitrogens with one attached hydrogen (secondary N) is 1. The SMILES string of the molecule is CCNC(C)CCN1CCc2ccccc21. The van der Waals surface area contributed by atoms with Crippen LogP contribution in [0.1, 0.15) is 25.8 Å². The van der Waals surface area contributed by atoms with E-state index in [0.29, 0.717) is 6.04 Å². The molecule has 0 saturated heterocycles. The van der Waals surface area contributed by atoms with E-state index in [4.69, 9.17) is 0 Å². The monoisotopic (exact) mass is 218 g/mol. The maximum Gasteiger partial charge on any atom is 0.0399 e. The van der Waals surface area contributed by atoms with Crippen LogP contribution in [-0.4, -0.2) is 25.7 Å². The molecule has 1 aliphatic heterocycles. The summed E-state index contributed by atoms with van der Waals surface area (Å²) in [5.74, 6) is 0. The minimum absolute atomic E-state index is 0.623. The lowest BCUT2D eigenvalue weighted by atomic mass is 10.2. The summed E-state index contributed by atoms with van der Waals surface area (Å²) in [6.45, 7) is 7.87. The van der Waals surface area contributed by atoms with Crippen LogP contribution >= 0.6 is 0 Å². The third-order valence-electron chi connectivity index (χ3n) is 3.37. The molecule has 1 atom stereocenters. The molecule has 2 heteroatoms. The molecule has 0 fully saturated rings. The lowest BCUT2D eigenvalue weighted by Gasteiger charge is -2.21. The first kappa shape index (κ1) is 11.5. The van der Waals surface area contributed by atoms with Crippen LogP contribution in [-0.2, 0) is 6.42 Å². The smallest absolute Gasteiger partial charge is 0.0399 e. The molecule has 0 bridgehead atoms. The second-order valence-electron chi connectivity index (χ2n) is 4.61. The van der Waals surface area contributed by atoms with Crippen molar-refractivity contribution in [3.63, 3.8) is 0 Å². The predicted molar refractivity (Wildman–Crippen MR) is 70.1 cm³/mol. The van der Waals surface area contributed by atoms with Crippen LogP contribution in [0.15, 0.2) is 24.3 Å². The molecule has 0 saturated carbocycles. The first-order chi connectivity index (χ1) is 7.81. The quantitative estimate of drug-likeness (QED) is 0.816. The normalized spacial score (nSPS) is 16.2. The lowest BCUT2D eigenvalue weighted by Crippen LogP contribution is -2.31. The highest BCUT2D eigenvalue weighted by molar-refractivity contribution is 5.57. The van der Waals surface area contributed by atoms with Gasteiger partial charge in [-0.15, -0.1) is 0 Å². The zero-order valence-electron chi connectivity index (χ0n) is 10.4. The second-order valence-corrected chi connectivity index (χ2v) is 4.61. The van der Waals surface area contributed by atoms with Gasteiger partial charge in [-0.1, -0.05) is 25.1 Å². The van der Waals surface area contributed by atoms with Gasteiger partial charge in [0.2, 0.25) is 0 Å². The van der Waals surface area contributed by atoms with Crippen LogP contribution in [0, 0.1) is 0 Å². The minimum atomic E-state index is 0.623. The number of hydrogen-bond acceptors (Lipinski definition) is 2. The third kappa shape index (κ3) is 2.56. The Morgan fingerprint density at radius 3 is 3.00 bits per heavy atom. The summed E-state index contributed by atoms with van der Waals surface area (Å²) in [6, 6.07) is 9.41. The topological polar surface area (TPSA) is 15.3 Å². The molecule has 1 heterocycles. The van der Waals surface area contributed by atoms with E-state index in [1.807, 2.05) is 0 Å². The standard InChI is InChI=1S/C14H22N2/c1-3-15-12(2)8-10-16-11-9-13-6-4-5-7-14(13)16/h4-7,12,15H,3,8-11H2,1-2H3. The maximum atomic E-state index is 3.47. The molecule has 2 rings (SSSR count). The fourth-order valence-corrected chi connectivity index (χ4v) is 2.44. The van der Waals surface area contributed by atoms with Crippen molar-refractivity contribution in [1.29, 1.82) is 0 Å². The van der Waals surface area contributed by atoms with E-state index < -0.39 is 0 Å². The molecule has 88 valence electrons. The van der Waals surface area contributed by atoms with Gasteiger partial charge < -0.3 is 10.2 Å². The molecular formula is C14H22N2. The van der Waals surface area contributed by atoms with Gasteiger partial charge in [-0.3, -0.25) is 0 Å². The Kier molecular flexibility index (Phi) is 3.83. The van der Waals surface area contributed by atoms with Crippen molar-refractivity contribution in [3.8, 4) is 0 Å². The Morgan fingerprint density at radius 2 is 2.19 bits per heavy atom. The van der Waals surface area contributed by atoms with Gasteiger partial charge in [0.25, 0.3) is 0 Å². The van der Waals surface area contributed by atoms with Crippen LogP contribution in [0.4, 0.5) is 5.69 Å². The zero-order chi connectivity index (χ0) is 11.4. The molecule has 16 heavy (non-hydrogen) atoms. The summed E-state index contributed by atoms with van der Waals surface area (Å²) in [4.78, 5) is 2.52. The average molecular weight is 218 g/mol. The fraction of sp³-hybridized carbons (Fsp3) is 0.571. The minimum Gasteiger partial charge on any atom is -0.371 e. The molecule has 1 unspecified atom stereocenters. The van der Waals surface area contributed by atoms with Crippen molar-refractivity contribution in [3.05, 3.63) is 29.8 Å². The first-order valence-electron chi connectivity index (χ1n) is 6.37. The number of para-hydroxylation sites is 1. The highest BCUT2D eigenvalue weighted by Gasteiger charge is 2.17. The molecule has 0 aromatic heterocycles. The van der Waals surface area contributed by atoms with Crippen LogP contribution in [0.2, 0.25) is 0 Å². The van der Waals surface area contributed by atoms with E-state index in [1.54, 1.807) is 0 Å². The summed E-state index contributed by atoms with van der Waals surface area (Å²) in [6.07, 6.45) is 2.44. The summed E-state index contributed by atoms with van der Waals surface area (Å²) in [7, 11) is 0. The average Bonchev–Trinajstić information content (AvgIpc) is 2.70. The molecule has 1 aromatic rings. The van der Waals surface area contributed by atoms with Crippen molar-refractivity contribution in [2.75, 3.05) is 24.5 Å². The van der Waals surface area contributed by atoms with Crippen molar-refractivity contribution in [2.45, 2.75) is 32.7 Å². The molecular weight excluding hydrogens is 196 g/mol. The van der Waals surface area contributed by atoms with E-state index in [-0.39, 0.29) is 0 Å². The van der Waals surface area contributed by atoms with Gasteiger partial charge in [-0.25, -0.2) is 0 Å². The third-order valence-corrected chi connectivity index (χ3v) is 3.37. The van der Waals surface area contributed by atoms with Crippen LogP contribution in [0.25, 0.3) is 0 Å². The van der Waals surface area contributed by atoms with Gasteiger partial charge in [-0.2, -0.15) is 0 Å². The lowest BCUT2D eigenvalue weighted by molar-refractivity contribution is 0.528. The van der Waals surface area contributed by atoms with Crippen LogP contribution in [0.3, 0.4) is 0 Å². The van der Waals surface area contributed by atoms with Gasteiger partial charge in [-0.05, 0) is 37.9 Å². The Labute approximate surface area is 98.7 Å². The predicted octanol–water partition coefficient (Wildman–Crippen LogP) is 2.44. The Hall–Kier alpha value is -1.02. The molecule has 2 nitrogen and oxygen atoms in total. The van der Waals surface area contributed by atoms with E-state index >= 15 is 0 Å². The molecule has 0 spiro atoms. The summed E-state index contributed by atoms with van der Waals surface area (Å²) < 4.78 is 0. The fourth-order valence-electron chi connectivity index (χ4n) is 2.44. The molecule has 0 aliphatic carbocycles. The van der Waals surface area contributed by atoms with Gasteiger partial charge in [0.15, 0.2) is 0 Å². The summed E-state index contributed by atoms with van der Waals surface area (Å²) in [5.41, 5.74) is 2.96. The molecule has 1 aromatic carbocycles. The van der Waals surface area contributed by atoms with Crippen molar-refractivity contribution in [2.24, 2.45) is 0 Å². The number of rotatable bonds is 5. The largest absolute Gasteiger partial charge is 0.371 e. The molecule has 1 aliphatic rings. The van der Waals surface area contributed by atoms with Crippen molar-refractivity contribution in [1.82, 2.24) is 5.32 Å². The van der Waals surface area contributed by atoms with E-state index in [0.717, 1.165) is 6.54 Å². The van der Waals surface area contributed by atoms with Gasteiger partial charge in [0.05, 0.1) is 0 Å². The highest BCUT2D eigenvalue weighted by Crippen LogP contribution is 2.27. The Bertz CT molecular complexity index is 335. The van der Waals surface area contributed by atoms with Crippen molar-refractivity contribution < 1.29 is 0 Å². The number of fused-ring (bicyclic) bond motifs is 1. The van der Waals surface area contributed by atoms with E-state index in [1.165, 1.54) is 37.2 Å². The number of hydrogen-bond donors (Lipinski definition) is 1. The molecule has 0 amide bonds. The molecule has 1 N–H and O–H groups in total. The van der Waals surface area contributed by atoms with Gasteiger partial charge in [0, 0.05) is 24.8 Å². The van der Waals surface area contributed by atoms with Crippen LogP contribution < -0.4 is 10.2 Å². The van der Waals surface area contributed by atoms with Crippen molar-refractivity contribution >= 4 is 5.69 Å². The number of nitrogens with zero attached hydrogens (tertiary/aromatic N) is 1. The first-order valence-corrected chi connectivity index (χ1v) is 6.37. The number of anilines is 1. The Morgan fingerprint density at radius 1 is 1.38 bits per heavy atom. The zero-order valence-corrected chi connectivity index (χ0v) is 10.4. The van der Waals surface area contributed by atoms with Crippen LogP contribution in [0.5, 0.6) is 0 Å². The molecule has 0 radical (unpaired) electrons. The summed E-state index contributed by atoms with van der Waals surface area (Å²) >= 11 is 0. The Balaban J connectivity index is 1.88.